The third-order valence-corrected chi connectivity index (χ3v) is 5.78. The topological polar surface area (TPSA) is 73.6 Å². The van der Waals surface area contributed by atoms with Gasteiger partial charge < -0.3 is 0 Å². The summed E-state index contributed by atoms with van der Waals surface area (Å²) in [6.45, 7) is 0.223. The fourth-order valence-electron chi connectivity index (χ4n) is 4.29. The first kappa shape index (κ1) is 19.0. The summed E-state index contributed by atoms with van der Waals surface area (Å²) < 4.78 is 0. The molecule has 2 fully saturated rings. The van der Waals surface area contributed by atoms with Crippen LogP contribution in [0.4, 0.5) is 5.69 Å². The van der Waals surface area contributed by atoms with Crippen LogP contribution in [0.3, 0.4) is 0 Å². The highest BCUT2D eigenvalue weighted by molar-refractivity contribution is 6.07. The lowest BCUT2D eigenvalue weighted by Gasteiger charge is -2.28. The van der Waals surface area contributed by atoms with Gasteiger partial charge in [0.1, 0.15) is 5.92 Å². The van der Waals surface area contributed by atoms with E-state index in [1.807, 2.05) is 72.8 Å². The number of hydrogen-bond acceptors (Lipinski definition) is 5. The highest BCUT2D eigenvalue weighted by Crippen LogP contribution is 2.46. The molecule has 3 aromatic rings. The predicted molar refractivity (Wildman–Crippen MR) is 113 cm³/mol. The molecule has 0 unspecified atom stereocenters. The Morgan fingerprint density at radius 3 is 2.13 bits per heavy atom. The molecule has 0 spiro atoms. The molecule has 0 bridgehead atoms. The lowest BCUT2D eigenvalue weighted by Crippen LogP contribution is -2.36. The monoisotopic (exact) mass is 409 g/mol. The van der Waals surface area contributed by atoms with Gasteiger partial charge >= 0.3 is 0 Å². The van der Waals surface area contributed by atoms with Gasteiger partial charge in [0.25, 0.3) is 5.91 Å². The number of carbonyl (C=O) groups is 2. The summed E-state index contributed by atoms with van der Waals surface area (Å²) >= 11 is 0. The first-order chi connectivity index (χ1) is 15.2. The van der Waals surface area contributed by atoms with E-state index < -0.39 is 18.1 Å². The summed E-state index contributed by atoms with van der Waals surface area (Å²) in [6.07, 6.45) is -0.878. The van der Waals surface area contributed by atoms with Crippen molar-refractivity contribution in [2.75, 3.05) is 5.06 Å². The number of benzene rings is 3. The fraction of sp³-hybridized carbons (Fsp3) is 0.160. The van der Waals surface area contributed by atoms with Crippen LogP contribution in [0, 0.1) is 17.2 Å². The normalized spacial score (nSPS) is 22.5. The number of carbonyl (C=O) groups excluding carboxylic acids is 2. The van der Waals surface area contributed by atoms with E-state index in [4.69, 9.17) is 10.1 Å². The van der Waals surface area contributed by atoms with Gasteiger partial charge in [-0.15, -0.1) is 0 Å². The molecule has 2 aliphatic heterocycles. The largest absolute Gasteiger partial charge is 0.275 e. The number of hydroxylamine groups is 1. The van der Waals surface area contributed by atoms with Crippen molar-refractivity contribution in [3.8, 4) is 6.07 Å². The van der Waals surface area contributed by atoms with E-state index in [1.165, 1.54) is 4.90 Å². The van der Waals surface area contributed by atoms with Crippen LogP contribution in [-0.4, -0.2) is 22.8 Å². The first-order valence-electron chi connectivity index (χ1n) is 10.1. The Balaban J connectivity index is 1.52. The van der Waals surface area contributed by atoms with Crippen LogP contribution >= 0.6 is 0 Å². The third-order valence-electron chi connectivity index (χ3n) is 5.78. The van der Waals surface area contributed by atoms with E-state index in [0.717, 1.165) is 16.8 Å². The van der Waals surface area contributed by atoms with Crippen LogP contribution < -0.4 is 5.06 Å². The third kappa shape index (κ3) is 3.25. The second-order valence-corrected chi connectivity index (χ2v) is 7.64. The molecule has 3 atom stereocenters. The smallest absolute Gasteiger partial charge is 0.262 e. The van der Waals surface area contributed by atoms with Crippen molar-refractivity contribution in [3.63, 3.8) is 0 Å². The van der Waals surface area contributed by atoms with Gasteiger partial charge in [0.15, 0.2) is 6.10 Å². The molecule has 6 heteroatoms. The van der Waals surface area contributed by atoms with Gasteiger partial charge in [-0.25, -0.2) is 5.06 Å². The zero-order chi connectivity index (χ0) is 21.4. The summed E-state index contributed by atoms with van der Waals surface area (Å²) in [5.41, 5.74) is 3.00. The lowest BCUT2D eigenvalue weighted by atomic mass is 9.90. The SMILES string of the molecule is N#Cc1ccc([C@H]2[C@H]3C(=O)N(Cc4ccccc4)C(=O)[C@H]3ON2c2ccccc2)cc1. The molecule has 5 rings (SSSR count). The van der Waals surface area contributed by atoms with E-state index in [2.05, 4.69) is 6.07 Å². The number of anilines is 1. The van der Waals surface area contributed by atoms with Gasteiger partial charge in [0, 0.05) is 0 Å². The number of amides is 2. The predicted octanol–water partition coefficient (Wildman–Crippen LogP) is 3.60. The van der Waals surface area contributed by atoms with Gasteiger partial charge in [-0.05, 0) is 35.4 Å². The van der Waals surface area contributed by atoms with Crippen LogP contribution in [0.1, 0.15) is 22.7 Å². The minimum absolute atomic E-state index is 0.223. The molecule has 0 aliphatic carbocycles. The van der Waals surface area contributed by atoms with Gasteiger partial charge in [-0.1, -0.05) is 60.7 Å². The molecule has 31 heavy (non-hydrogen) atoms. The van der Waals surface area contributed by atoms with Crippen LogP contribution in [0.25, 0.3) is 0 Å². The molecule has 2 aliphatic rings. The van der Waals surface area contributed by atoms with E-state index in [-0.39, 0.29) is 18.4 Å². The highest BCUT2D eigenvalue weighted by atomic mass is 16.7. The highest BCUT2D eigenvalue weighted by Gasteiger charge is 2.59. The Kier molecular flexibility index (Phi) is 4.73. The summed E-state index contributed by atoms with van der Waals surface area (Å²) in [5.74, 6) is -1.23. The quantitative estimate of drug-likeness (QED) is 0.616. The maximum Gasteiger partial charge on any atom is 0.262 e. The van der Waals surface area contributed by atoms with Crippen molar-refractivity contribution in [2.24, 2.45) is 5.92 Å². The molecule has 0 aromatic heterocycles. The van der Waals surface area contributed by atoms with E-state index in [1.54, 1.807) is 17.2 Å². The Morgan fingerprint density at radius 2 is 1.48 bits per heavy atom. The molecule has 2 heterocycles. The van der Waals surface area contributed by atoms with Crippen molar-refractivity contribution in [1.29, 1.82) is 5.26 Å². The fourth-order valence-corrected chi connectivity index (χ4v) is 4.29. The molecule has 6 nitrogen and oxygen atoms in total. The zero-order valence-corrected chi connectivity index (χ0v) is 16.6. The molecule has 0 N–H and O–H groups in total. The van der Waals surface area contributed by atoms with Crippen molar-refractivity contribution in [1.82, 2.24) is 4.90 Å². The summed E-state index contributed by atoms with van der Waals surface area (Å²) in [4.78, 5) is 34.0. The molecule has 2 amide bonds. The number of fused-ring (bicyclic) bond motifs is 1. The maximum absolute atomic E-state index is 13.4. The molecule has 2 saturated heterocycles. The van der Waals surface area contributed by atoms with Crippen molar-refractivity contribution in [3.05, 3.63) is 102 Å². The number of para-hydroxylation sites is 1. The summed E-state index contributed by atoms with van der Waals surface area (Å²) in [6, 6.07) is 27.6. The molecule has 0 saturated carbocycles. The van der Waals surface area contributed by atoms with Crippen LogP contribution in [-0.2, 0) is 21.0 Å². The van der Waals surface area contributed by atoms with Crippen molar-refractivity contribution < 1.29 is 14.4 Å². The Labute approximate surface area is 179 Å². The van der Waals surface area contributed by atoms with E-state index in [9.17, 15) is 9.59 Å². The number of nitriles is 1. The lowest BCUT2D eigenvalue weighted by molar-refractivity contribution is -0.143. The summed E-state index contributed by atoms with van der Waals surface area (Å²) in [7, 11) is 0. The van der Waals surface area contributed by atoms with Gasteiger partial charge in [-0.3, -0.25) is 19.3 Å². The van der Waals surface area contributed by atoms with Crippen LogP contribution in [0.5, 0.6) is 0 Å². The van der Waals surface area contributed by atoms with Gasteiger partial charge in [0.2, 0.25) is 5.91 Å². The molecule has 152 valence electrons. The standard InChI is InChI=1S/C25H19N3O3/c26-15-17-11-13-19(14-12-17)22-21-23(31-28(22)20-9-5-2-6-10-20)25(30)27(24(21)29)16-18-7-3-1-4-8-18/h1-14,21-23H,16H2/t21-,22+,23+/m1/s1. The second kappa shape index (κ2) is 7.71. The Hall–Kier alpha value is -3.95. The van der Waals surface area contributed by atoms with Gasteiger partial charge in [0.05, 0.1) is 29.9 Å². The molecule has 0 radical (unpaired) electrons. The van der Waals surface area contributed by atoms with Crippen LogP contribution in [0.2, 0.25) is 0 Å². The number of imide groups is 1. The van der Waals surface area contributed by atoms with Crippen molar-refractivity contribution >= 4 is 17.5 Å². The van der Waals surface area contributed by atoms with Crippen LogP contribution in [0.15, 0.2) is 84.9 Å². The number of nitrogens with zero attached hydrogens (tertiary/aromatic N) is 3. The van der Waals surface area contributed by atoms with E-state index in [0.29, 0.717) is 5.56 Å². The number of likely N-dealkylation sites (tertiary alicyclic amines) is 1. The molecular weight excluding hydrogens is 390 g/mol. The van der Waals surface area contributed by atoms with E-state index >= 15 is 0 Å². The number of hydrogen-bond donors (Lipinski definition) is 0. The zero-order valence-electron chi connectivity index (χ0n) is 16.6. The second-order valence-electron chi connectivity index (χ2n) is 7.64. The van der Waals surface area contributed by atoms with Gasteiger partial charge in [-0.2, -0.15) is 5.26 Å². The maximum atomic E-state index is 13.4. The molecule has 3 aromatic carbocycles. The average molecular weight is 409 g/mol. The molecular formula is C25H19N3O3. The first-order valence-corrected chi connectivity index (χ1v) is 10.1. The number of rotatable bonds is 4. The minimum atomic E-state index is -0.878. The Morgan fingerprint density at radius 1 is 0.839 bits per heavy atom. The van der Waals surface area contributed by atoms with Crippen molar-refractivity contribution in [2.45, 2.75) is 18.7 Å². The average Bonchev–Trinajstić information content (AvgIpc) is 3.32. The Bertz CT molecular complexity index is 1160. The minimum Gasteiger partial charge on any atom is -0.275 e. The summed E-state index contributed by atoms with van der Waals surface area (Å²) in [5, 5.41) is 10.8.